The van der Waals surface area contributed by atoms with Gasteiger partial charge >= 0.3 is 17.9 Å². The van der Waals surface area contributed by atoms with Crippen LogP contribution in [0, 0.1) is 0 Å². The first-order valence-electron chi connectivity index (χ1n) is 34.0. The second kappa shape index (κ2) is 65.2. The van der Waals surface area contributed by atoms with Gasteiger partial charge in [0.15, 0.2) is 6.10 Å². The molecule has 0 amide bonds. The highest BCUT2D eigenvalue weighted by Gasteiger charge is 2.19. The molecular formula is C70H130O6. The molecule has 0 radical (unpaired) electrons. The summed E-state index contributed by atoms with van der Waals surface area (Å²) < 4.78 is 16.9. The summed E-state index contributed by atoms with van der Waals surface area (Å²) in [7, 11) is 0. The number of rotatable bonds is 63. The van der Waals surface area contributed by atoms with Crippen LogP contribution in [0.15, 0.2) is 36.5 Å². The number of ether oxygens (including phenoxy) is 3. The van der Waals surface area contributed by atoms with E-state index in [9.17, 15) is 14.4 Å². The van der Waals surface area contributed by atoms with E-state index in [0.29, 0.717) is 19.3 Å². The lowest BCUT2D eigenvalue weighted by Gasteiger charge is -2.18. The second-order valence-corrected chi connectivity index (χ2v) is 23.1. The fourth-order valence-electron chi connectivity index (χ4n) is 10.2. The van der Waals surface area contributed by atoms with E-state index in [-0.39, 0.29) is 31.1 Å². The van der Waals surface area contributed by atoms with Crippen LogP contribution in [0.4, 0.5) is 0 Å². The first kappa shape index (κ1) is 73.6. The zero-order chi connectivity index (χ0) is 55.0. The van der Waals surface area contributed by atoms with Gasteiger partial charge in [0.2, 0.25) is 0 Å². The van der Waals surface area contributed by atoms with Gasteiger partial charge in [-0.2, -0.15) is 0 Å². The molecule has 0 bridgehead atoms. The zero-order valence-corrected chi connectivity index (χ0v) is 51.3. The molecule has 0 N–H and O–H groups in total. The lowest BCUT2D eigenvalue weighted by molar-refractivity contribution is -0.167. The molecule has 0 aliphatic carbocycles. The number of unbranched alkanes of at least 4 members (excludes halogenated alkanes) is 46. The van der Waals surface area contributed by atoms with Crippen LogP contribution in [0.2, 0.25) is 0 Å². The third-order valence-corrected chi connectivity index (χ3v) is 15.4. The highest BCUT2D eigenvalue weighted by molar-refractivity contribution is 5.71. The van der Waals surface area contributed by atoms with Crippen molar-refractivity contribution in [2.75, 3.05) is 13.2 Å². The highest BCUT2D eigenvalue weighted by Crippen LogP contribution is 2.18. The van der Waals surface area contributed by atoms with E-state index >= 15 is 0 Å². The van der Waals surface area contributed by atoms with Gasteiger partial charge in [-0.05, 0) is 77.0 Å². The number of carbonyl (C=O) groups is 3. The molecule has 0 aromatic carbocycles. The van der Waals surface area contributed by atoms with Crippen molar-refractivity contribution >= 4 is 17.9 Å². The Morgan fingerprint density at radius 3 is 0.763 bits per heavy atom. The zero-order valence-electron chi connectivity index (χ0n) is 51.3. The minimum absolute atomic E-state index is 0.0759. The summed E-state index contributed by atoms with van der Waals surface area (Å²) in [4.78, 5) is 38.3. The maximum atomic E-state index is 12.9. The monoisotopic (exact) mass is 1070 g/mol. The highest BCUT2D eigenvalue weighted by atomic mass is 16.6. The molecular weight excluding hydrogens is 937 g/mol. The van der Waals surface area contributed by atoms with Crippen molar-refractivity contribution in [3.8, 4) is 0 Å². The largest absolute Gasteiger partial charge is 0.462 e. The lowest BCUT2D eigenvalue weighted by atomic mass is 10.0. The summed E-state index contributed by atoms with van der Waals surface area (Å²) in [6.45, 7) is 6.66. The third kappa shape index (κ3) is 62.5. The van der Waals surface area contributed by atoms with Gasteiger partial charge in [0.1, 0.15) is 13.2 Å². The molecule has 0 rings (SSSR count). The second-order valence-electron chi connectivity index (χ2n) is 23.1. The van der Waals surface area contributed by atoms with E-state index in [2.05, 4.69) is 57.2 Å². The van der Waals surface area contributed by atoms with Crippen molar-refractivity contribution in [2.24, 2.45) is 0 Å². The minimum Gasteiger partial charge on any atom is -0.462 e. The van der Waals surface area contributed by atoms with Crippen LogP contribution >= 0.6 is 0 Å². The van der Waals surface area contributed by atoms with E-state index in [1.165, 1.54) is 250 Å². The van der Waals surface area contributed by atoms with Crippen molar-refractivity contribution < 1.29 is 28.6 Å². The van der Waals surface area contributed by atoms with Gasteiger partial charge in [-0.25, -0.2) is 0 Å². The first-order chi connectivity index (χ1) is 37.5. The number of allylic oxidation sites excluding steroid dienone is 6. The standard InChI is InChI=1S/C70H130O6/c1-4-7-10-13-16-19-22-25-28-30-31-32-33-34-35-36-37-38-39-40-43-45-48-51-54-57-60-63-69(72)75-66-67(65-74-68(71)62-59-56-53-50-47-44-41-27-24-21-18-15-12-9-6-3)76-70(73)64-61-58-55-52-49-46-42-29-26-23-20-17-14-11-8-5-2/h18,21,27,29,41-42,67H,4-17,19-20,22-26,28,30-40,43-66H2,1-3H3/b21-18-,41-27-,42-29-. The Bertz CT molecular complexity index is 1270. The van der Waals surface area contributed by atoms with E-state index in [4.69, 9.17) is 14.2 Å². The van der Waals surface area contributed by atoms with E-state index in [1.807, 2.05) is 0 Å². The van der Waals surface area contributed by atoms with Crippen molar-refractivity contribution in [1.29, 1.82) is 0 Å². The quantitative estimate of drug-likeness (QED) is 0.0261. The molecule has 76 heavy (non-hydrogen) atoms. The molecule has 446 valence electrons. The van der Waals surface area contributed by atoms with E-state index < -0.39 is 6.10 Å². The Balaban J connectivity index is 4.22. The lowest BCUT2D eigenvalue weighted by Crippen LogP contribution is -2.30. The maximum Gasteiger partial charge on any atom is 0.306 e. The normalized spacial score (nSPS) is 12.2. The van der Waals surface area contributed by atoms with Crippen molar-refractivity contribution in [2.45, 2.75) is 380 Å². The first-order valence-corrected chi connectivity index (χ1v) is 34.0. The molecule has 0 saturated heterocycles. The topological polar surface area (TPSA) is 78.9 Å². The van der Waals surface area contributed by atoms with Gasteiger partial charge in [0, 0.05) is 19.3 Å². The van der Waals surface area contributed by atoms with Crippen LogP contribution in [0.1, 0.15) is 374 Å². The molecule has 6 heteroatoms. The third-order valence-electron chi connectivity index (χ3n) is 15.4. The Labute approximate surface area is 474 Å². The molecule has 0 spiro atoms. The van der Waals surface area contributed by atoms with Crippen molar-refractivity contribution in [1.82, 2.24) is 0 Å². The summed E-state index contributed by atoms with van der Waals surface area (Å²) in [5, 5.41) is 0. The number of hydrogen-bond donors (Lipinski definition) is 0. The average molecular weight is 1070 g/mol. The van der Waals surface area contributed by atoms with Crippen molar-refractivity contribution in [3.05, 3.63) is 36.5 Å². The maximum absolute atomic E-state index is 12.9. The Morgan fingerprint density at radius 2 is 0.474 bits per heavy atom. The molecule has 0 aliphatic rings. The van der Waals surface area contributed by atoms with Gasteiger partial charge in [-0.3, -0.25) is 14.4 Å². The van der Waals surface area contributed by atoms with Crippen LogP contribution in [0.3, 0.4) is 0 Å². The van der Waals surface area contributed by atoms with Crippen LogP contribution in [-0.4, -0.2) is 37.2 Å². The summed E-state index contributed by atoms with van der Waals surface area (Å²) in [6, 6.07) is 0. The number of carbonyl (C=O) groups excluding carboxylic acids is 3. The van der Waals surface area contributed by atoms with Gasteiger partial charge < -0.3 is 14.2 Å². The van der Waals surface area contributed by atoms with Gasteiger partial charge in [0.25, 0.3) is 0 Å². The van der Waals surface area contributed by atoms with Crippen LogP contribution < -0.4 is 0 Å². The Kier molecular flexibility index (Phi) is 63.1. The summed E-state index contributed by atoms with van der Waals surface area (Å²) in [6.07, 6.45) is 80.3. The van der Waals surface area contributed by atoms with Gasteiger partial charge in [0.05, 0.1) is 0 Å². The molecule has 0 aliphatic heterocycles. The predicted octanol–water partition coefficient (Wildman–Crippen LogP) is 23.2. The SMILES string of the molecule is CCCCC/C=C\C/C=C\CCCCCCCC(=O)OCC(COC(=O)CCCCCCCCCCCCCCCCCCCCCCCCCCCCC)OC(=O)CCCCCCC/C=C\CCCCCCCCC. The molecule has 6 nitrogen and oxygen atoms in total. The predicted molar refractivity (Wildman–Crippen MR) is 330 cm³/mol. The molecule has 0 aromatic heterocycles. The van der Waals surface area contributed by atoms with E-state index in [1.54, 1.807) is 0 Å². The summed E-state index contributed by atoms with van der Waals surface area (Å²) in [5.74, 6) is -0.874. The van der Waals surface area contributed by atoms with Crippen LogP contribution in [0.5, 0.6) is 0 Å². The molecule has 0 aromatic rings. The molecule has 0 saturated carbocycles. The smallest absolute Gasteiger partial charge is 0.306 e. The molecule has 1 unspecified atom stereocenters. The number of hydrogen-bond acceptors (Lipinski definition) is 6. The Morgan fingerprint density at radius 1 is 0.263 bits per heavy atom. The molecule has 0 heterocycles. The molecule has 0 fully saturated rings. The van der Waals surface area contributed by atoms with Gasteiger partial charge in [-0.1, -0.05) is 314 Å². The minimum atomic E-state index is -0.781. The van der Waals surface area contributed by atoms with Gasteiger partial charge in [-0.15, -0.1) is 0 Å². The van der Waals surface area contributed by atoms with Crippen LogP contribution in [-0.2, 0) is 28.6 Å². The fourth-order valence-corrected chi connectivity index (χ4v) is 10.2. The summed E-state index contributed by atoms with van der Waals surface area (Å²) in [5.41, 5.74) is 0. The average Bonchev–Trinajstić information content (AvgIpc) is 3.42. The van der Waals surface area contributed by atoms with Crippen molar-refractivity contribution in [3.63, 3.8) is 0 Å². The van der Waals surface area contributed by atoms with E-state index in [0.717, 1.165) is 83.5 Å². The Hall–Kier alpha value is -2.37. The molecule has 1 atom stereocenters. The summed E-state index contributed by atoms with van der Waals surface area (Å²) >= 11 is 0. The fraction of sp³-hybridized carbons (Fsp3) is 0.871. The number of esters is 3. The van der Waals surface area contributed by atoms with Crippen LogP contribution in [0.25, 0.3) is 0 Å².